The minimum Gasteiger partial charge on any atom is -0.430 e. The van der Waals surface area contributed by atoms with E-state index in [1.165, 1.54) is 6.92 Å². The van der Waals surface area contributed by atoms with E-state index in [9.17, 15) is 4.79 Å². The molecule has 1 heterocycles. The molecular weight excluding hydrogens is 180 g/mol. The van der Waals surface area contributed by atoms with Crippen LogP contribution in [0.2, 0.25) is 0 Å². The molecule has 0 aromatic rings. The van der Waals surface area contributed by atoms with Crippen molar-refractivity contribution in [1.82, 2.24) is 0 Å². The van der Waals surface area contributed by atoms with Gasteiger partial charge in [-0.05, 0) is 32.5 Å². The van der Waals surface area contributed by atoms with E-state index in [4.69, 9.17) is 13.6 Å². The molecule has 4 atom stereocenters. The topological polar surface area (TPSA) is 35.5 Å². The fourth-order valence-electron chi connectivity index (χ4n) is 2.49. The molecule has 0 radical (unpaired) electrons. The van der Waals surface area contributed by atoms with Crippen LogP contribution < -0.4 is 0 Å². The molecule has 0 spiro atoms. The Morgan fingerprint density at radius 3 is 3.07 bits per heavy atom. The Balaban J connectivity index is 2.30. The third kappa shape index (κ3) is 1.60. The fourth-order valence-corrected chi connectivity index (χ4v) is 2.49. The molecule has 1 unspecified atom stereocenters. The Kier molecular flexibility index (Phi) is 1.50. The maximum Gasteiger partial charge on any atom is 0.509 e. The van der Waals surface area contributed by atoms with Gasteiger partial charge in [-0.3, -0.25) is 0 Å². The van der Waals surface area contributed by atoms with E-state index >= 15 is 0 Å². The normalized spacial score (nSPS) is 51.7. The highest BCUT2D eigenvalue weighted by molar-refractivity contribution is 5.62. The van der Waals surface area contributed by atoms with Crippen molar-refractivity contribution in [1.29, 1.82) is 0 Å². The minimum atomic E-state index is -2.31. The standard InChI is InChI=1S/C11H18O3/c1-7-4-5-8-9(6-7)13-10(12)14-11(8,2)3/h7-9H,4-6H2,1-3H3/t7-,8-,9+/m0/s1/i2D3/t7-,8-,9+,11?. The molecule has 2 aliphatic rings. The van der Waals surface area contributed by atoms with Crippen molar-refractivity contribution in [3.8, 4) is 0 Å². The molecule has 0 N–H and O–H groups in total. The van der Waals surface area contributed by atoms with Crippen molar-refractivity contribution in [3.63, 3.8) is 0 Å². The average molecular weight is 201 g/mol. The van der Waals surface area contributed by atoms with Gasteiger partial charge in [0, 0.05) is 10.0 Å². The van der Waals surface area contributed by atoms with E-state index in [0.29, 0.717) is 5.92 Å². The number of hydrogen-bond donors (Lipinski definition) is 0. The summed E-state index contributed by atoms with van der Waals surface area (Å²) < 4.78 is 32.9. The van der Waals surface area contributed by atoms with Crippen molar-refractivity contribution in [2.75, 3.05) is 0 Å². The molecule has 2 fully saturated rings. The van der Waals surface area contributed by atoms with E-state index in [-0.39, 0.29) is 12.0 Å². The van der Waals surface area contributed by atoms with E-state index in [2.05, 4.69) is 6.92 Å². The van der Waals surface area contributed by atoms with Gasteiger partial charge in [0.2, 0.25) is 0 Å². The van der Waals surface area contributed by atoms with Crippen molar-refractivity contribution in [3.05, 3.63) is 0 Å². The number of rotatable bonds is 0. The first-order valence-corrected chi connectivity index (χ1v) is 5.13. The van der Waals surface area contributed by atoms with Crippen LogP contribution in [0.5, 0.6) is 0 Å². The lowest BCUT2D eigenvalue weighted by Gasteiger charge is -2.46. The average Bonchev–Trinajstić information content (AvgIpc) is 2.14. The predicted molar refractivity (Wildman–Crippen MR) is 51.9 cm³/mol. The zero-order valence-corrected chi connectivity index (χ0v) is 8.58. The lowest BCUT2D eigenvalue weighted by molar-refractivity contribution is -0.158. The lowest BCUT2D eigenvalue weighted by atomic mass is 9.73. The van der Waals surface area contributed by atoms with Gasteiger partial charge < -0.3 is 9.47 Å². The predicted octanol–water partition coefficient (Wildman–Crippen LogP) is 2.74. The summed E-state index contributed by atoms with van der Waals surface area (Å²) in [4.78, 5) is 11.4. The van der Waals surface area contributed by atoms with Crippen LogP contribution in [0.4, 0.5) is 4.79 Å². The SMILES string of the molecule is [2H]C([2H])([2H])C1(C)OC(=O)O[C@@H]2C[C@@H](C)CC[C@@H]21. The Labute approximate surface area is 89.0 Å². The molecule has 80 valence electrons. The molecule has 0 aromatic carbocycles. The minimum absolute atomic E-state index is 0.233. The maximum absolute atomic E-state index is 11.4. The number of ether oxygens (including phenoxy) is 2. The van der Waals surface area contributed by atoms with Crippen LogP contribution in [0.1, 0.15) is 44.1 Å². The van der Waals surface area contributed by atoms with Gasteiger partial charge >= 0.3 is 6.16 Å². The summed E-state index contributed by atoms with van der Waals surface area (Å²) in [5.41, 5.74) is -1.41. The molecule has 1 saturated carbocycles. The highest BCUT2D eigenvalue weighted by atomic mass is 16.7. The van der Waals surface area contributed by atoms with Crippen LogP contribution >= 0.6 is 0 Å². The van der Waals surface area contributed by atoms with Gasteiger partial charge in [0.1, 0.15) is 11.7 Å². The quantitative estimate of drug-likeness (QED) is 0.565. The number of carbonyl (C=O) groups excluding carboxylic acids is 1. The molecule has 0 bridgehead atoms. The molecule has 3 heteroatoms. The molecule has 0 aromatic heterocycles. The van der Waals surface area contributed by atoms with Gasteiger partial charge in [-0.25, -0.2) is 4.79 Å². The van der Waals surface area contributed by atoms with Gasteiger partial charge in [-0.2, -0.15) is 0 Å². The highest BCUT2D eigenvalue weighted by Gasteiger charge is 2.47. The number of carbonyl (C=O) groups is 1. The fraction of sp³-hybridized carbons (Fsp3) is 0.909. The van der Waals surface area contributed by atoms with Crippen molar-refractivity contribution < 1.29 is 18.4 Å². The van der Waals surface area contributed by atoms with Crippen molar-refractivity contribution in [2.45, 2.75) is 51.7 Å². The van der Waals surface area contributed by atoms with Gasteiger partial charge in [0.25, 0.3) is 0 Å². The smallest absolute Gasteiger partial charge is 0.430 e. The summed E-state index contributed by atoms with van der Waals surface area (Å²) in [5.74, 6) is 0.229. The second-order valence-corrected chi connectivity index (χ2v) is 4.64. The van der Waals surface area contributed by atoms with Crippen molar-refractivity contribution >= 4 is 6.16 Å². The Hall–Kier alpha value is -0.730. The molecular formula is C11H18O3. The second kappa shape index (κ2) is 3.14. The largest absolute Gasteiger partial charge is 0.509 e. The second-order valence-electron chi connectivity index (χ2n) is 4.64. The first kappa shape index (κ1) is 6.70. The third-order valence-electron chi connectivity index (χ3n) is 3.30. The van der Waals surface area contributed by atoms with Crippen LogP contribution in [-0.4, -0.2) is 17.9 Å². The molecule has 1 saturated heterocycles. The molecule has 1 aliphatic heterocycles. The Bertz CT molecular complexity index is 328. The van der Waals surface area contributed by atoms with Crippen molar-refractivity contribution in [2.24, 2.45) is 11.8 Å². The van der Waals surface area contributed by atoms with Gasteiger partial charge in [0.15, 0.2) is 0 Å². The summed E-state index contributed by atoms with van der Waals surface area (Å²) in [6.07, 6.45) is 1.25. The third-order valence-corrected chi connectivity index (χ3v) is 3.30. The first-order valence-electron chi connectivity index (χ1n) is 6.63. The summed E-state index contributed by atoms with van der Waals surface area (Å²) in [6, 6.07) is 0. The van der Waals surface area contributed by atoms with Crippen LogP contribution in [0.25, 0.3) is 0 Å². The summed E-state index contributed by atoms with van der Waals surface area (Å²) in [5, 5.41) is 0. The summed E-state index contributed by atoms with van der Waals surface area (Å²) >= 11 is 0. The van der Waals surface area contributed by atoms with Gasteiger partial charge in [0.05, 0.1) is 0 Å². The summed E-state index contributed by atoms with van der Waals surface area (Å²) in [7, 11) is 0. The number of cyclic esters (lactones) is 1. The van der Waals surface area contributed by atoms with Crippen LogP contribution in [0.15, 0.2) is 0 Å². The van der Waals surface area contributed by atoms with E-state index in [1.54, 1.807) is 0 Å². The van der Waals surface area contributed by atoms with Crippen LogP contribution in [0.3, 0.4) is 0 Å². The lowest BCUT2D eigenvalue weighted by Crippen LogP contribution is -2.52. The van der Waals surface area contributed by atoms with Gasteiger partial charge in [-0.15, -0.1) is 0 Å². The highest BCUT2D eigenvalue weighted by Crippen LogP contribution is 2.41. The molecule has 2 rings (SSSR count). The zero-order chi connectivity index (χ0) is 12.8. The molecule has 0 amide bonds. The molecule has 1 aliphatic carbocycles. The van der Waals surface area contributed by atoms with Crippen LogP contribution in [-0.2, 0) is 9.47 Å². The van der Waals surface area contributed by atoms with E-state index in [0.717, 1.165) is 19.3 Å². The number of hydrogen-bond acceptors (Lipinski definition) is 3. The number of fused-ring (bicyclic) bond motifs is 1. The Morgan fingerprint density at radius 2 is 2.36 bits per heavy atom. The molecule has 14 heavy (non-hydrogen) atoms. The van der Waals surface area contributed by atoms with Gasteiger partial charge in [-0.1, -0.05) is 13.3 Å². The Morgan fingerprint density at radius 1 is 1.57 bits per heavy atom. The zero-order valence-electron chi connectivity index (χ0n) is 11.6. The van der Waals surface area contributed by atoms with Crippen LogP contribution in [0, 0.1) is 11.8 Å². The summed E-state index contributed by atoms with van der Waals surface area (Å²) in [6.45, 7) is 1.29. The maximum atomic E-state index is 11.4. The molecule has 3 nitrogen and oxygen atoms in total. The first-order chi connectivity index (χ1) is 7.74. The van der Waals surface area contributed by atoms with E-state index in [1.807, 2.05) is 0 Å². The monoisotopic (exact) mass is 201 g/mol. The van der Waals surface area contributed by atoms with E-state index < -0.39 is 18.6 Å².